The standard InChI is InChI=1S/C12H18N2O3S/c1-13-11-4-2-3-5-12(11)18(16,17)14(8-9-15)10-6-7-10/h2-5,10,13,15H,6-9H2,1H3. The van der Waals surface area contributed by atoms with Crippen LogP contribution in [-0.2, 0) is 10.0 Å². The van der Waals surface area contributed by atoms with Crippen molar-refractivity contribution < 1.29 is 13.5 Å². The van der Waals surface area contributed by atoms with E-state index in [4.69, 9.17) is 5.11 Å². The fourth-order valence-electron chi connectivity index (χ4n) is 1.98. The molecule has 6 heteroatoms. The largest absolute Gasteiger partial charge is 0.395 e. The van der Waals surface area contributed by atoms with Crippen molar-refractivity contribution in [3.8, 4) is 0 Å². The Labute approximate surface area is 107 Å². The third-order valence-electron chi connectivity index (χ3n) is 3.02. The summed E-state index contributed by atoms with van der Waals surface area (Å²) in [6.45, 7) is 0.00248. The van der Waals surface area contributed by atoms with Crippen LogP contribution in [0.15, 0.2) is 29.2 Å². The fourth-order valence-corrected chi connectivity index (χ4v) is 3.86. The summed E-state index contributed by atoms with van der Waals surface area (Å²) in [5.41, 5.74) is 0.584. The number of nitrogens with one attached hydrogen (secondary N) is 1. The van der Waals surface area contributed by atoms with Crippen LogP contribution in [0.5, 0.6) is 0 Å². The van der Waals surface area contributed by atoms with E-state index in [9.17, 15) is 8.42 Å². The third kappa shape index (κ3) is 2.50. The summed E-state index contributed by atoms with van der Waals surface area (Å²) in [6, 6.07) is 6.87. The van der Waals surface area contributed by atoms with Gasteiger partial charge in [-0.05, 0) is 25.0 Å². The van der Waals surface area contributed by atoms with Gasteiger partial charge in [0.25, 0.3) is 0 Å². The average Bonchev–Trinajstić information content (AvgIpc) is 3.19. The van der Waals surface area contributed by atoms with Crippen LogP contribution in [0.1, 0.15) is 12.8 Å². The molecule has 1 saturated carbocycles. The maximum absolute atomic E-state index is 12.6. The monoisotopic (exact) mass is 270 g/mol. The molecule has 1 aliphatic carbocycles. The van der Waals surface area contributed by atoms with Crippen molar-refractivity contribution in [2.75, 3.05) is 25.5 Å². The fraction of sp³-hybridized carbons (Fsp3) is 0.500. The van der Waals surface area contributed by atoms with Crippen molar-refractivity contribution in [1.82, 2.24) is 4.31 Å². The average molecular weight is 270 g/mol. The van der Waals surface area contributed by atoms with E-state index in [-0.39, 0.29) is 24.1 Å². The van der Waals surface area contributed by atoms with E-state index in [1.165, 1.54) is 4.31 Å². The van der Waals surface area contributed by atoms with Gasteiger partial charge >= 0.3 is 0 Å². The minimum atomic E-state index is -3.53. The predicted molar refractivity (Wildman–Crippen MR) is 70.0 cm³/mol. The van der Waals surface area contributed by atoms with Crippen molar-refractivity contribution in [3.63, 3.8) is 0 Å². The summed E-state index contributed by atoms with van der Waals surface area (Å²) in [6.07, 6.45) is 1.75. The lowest BCUT2D eigenvalue weighted by Crippen LogP contribution is -2.35. The molecule has 0 spiro atoms. The lowest BCUT2D eigenvalue weighted by Gasteiger charge is -2.22. The van der Waals surface area contributed by atoms with Gasteiger partial charge in [-0.3, -0.25) is 0 Å². The Morgan fingerprint density at radius 3 is 2.61 bits per heavy atom. The van der Waals surface area contributed by atoms with Gasteiger partial charge in [-0.15, -0.1) is 0 Å². The molecule has 0 bridgehead atoms. The molecule has 100 valence electrons. The number of aliphatic hydroxyl groups excluding tert-OH is 1. The summed E-state index contributed by atoms with van der Waals surface area (Å²) in [5.74, 6) is 0. The minimum Gasteiger partial charge on any atom is -0.395 e. The molecule has 0 unspecified atom stereocenters. The molecule has 0 aromatic heterocycles. The lowest BCUT2D eigenvalue weighted by molar-refractivity contribution is 0.250. The van der Waals surface area contributed by atoms with E-state index in [0.717, 1.165) is 12.8 Å². The number of hydrogen-bond donors (Lipinski definition) is 2. The van der Waals surface area contributed by atoms with E-state index < -0.39 is 10.0 Å². The Hall–Kier alpha value is -1.11. The molecule has 0 atom stereocenters. The van der Waals surface area contributed by atoms with Crippen LogP contribution in [-0.4, -0.2) is 44.1 Å². The van der Waals surface area contributed by atoms with Crippen LogP contribution >= 0.6 is 0 Å². The summed E-state index contributed by atoms with van der Waals surface area (Å²) in [4.78, 5) is 0.271. The van der Waals surface area contributed by atoms with Crippen LogP contribution in [0.4, 0.5) is 5.69 Å². The maximum atomic E-state index is 12.6. The highest BCUT2D eigenvalue weighted by atomic mass is 32.2. The molecule has 1 aromatic carbocycles. The van der Waals surface area contributed by atoms with E-state index in [2.05, 4.69) is 5.32 Å². The number of nitrogens with zero attached hydrogens (tertiary/aromatic N) is 1. The second-order valence-electron chi connectivity index (χ2n) is 4.32. The van der Waals surface area contributed by atoms with E-state index in [1.807, 2.05) is 0 Å². The highest BCUT2D eigenvalue weighted by Gasteiger charge is 2.38. The van der Waals surface area contributed by atoms with Crippen molar-refractivity contribution in [2.24, 2.45) is 0 Å². The summed E-state index contributed by atoms with van der Waals surface area (Å²) >= 11 is 0. The number of hydrogen-bond acceptors (Lipinski definition) is 4. The van der Waals surface area contributed by atoms with Crippen molar-refractivity contribution >= 4 is 15.7 Å². The van der Waals surface area contributed by atoms with Gasteiger partial charge in [0.05, 0.1) is 12.3 Å². The lowest BCUT2D eigenvalue weighted by atomic mass is 10.3. The molecule has 0 saturated heterocycles. The molecule has 2 N–H and O–H groups in total. The Morgan fingerprint density at radius 1 is 1.39 bits per heavy atom. The van der Waals surface area contributed by atoms with E-state index in [1.54, 1.807) is 31.3 Å². The summed E-state index contributed by atoms with van der Waals surface area (Å²) in [7, 11) is -1.84. The molecule has 1 aliphatic rings. The Bertz CT molecular complexity index is 512. The molecular formula is C12H18N2O3S. The first kappa shape index (κ1) is 13.3. The quantitative estimate of drug-likeness (QED) is 0.805. The Balaban J connectivity index is 2.39. The summed E-state index contributed by atoms with van der Waals surface area (Å²) in [5, 5.41) is 11.9. The topological polar surface area (TPSA) is 69.6 Å². The smallest absolute Gasteiger partial charge is 0.245 e. The van der Waals surface area contributed by atoms with Gasteiger partial charge < -0.3 is 10.4 Å². The van der Waals surface area contributed by atoms with Crippen molar-refractivity contribution in [3.05, 3.63) is 24.3 Å². The first-order chi connectivity index (χ1) is 8.61. The highest BCUT2D eigenvalue weighted by molar-refractivity contribution is 7.89. The van der Waals surface area contributed by atoms with Gasteiger partial charge in [-0.25, -0.2) is 8.42 Å². The van der Waals surface area contributed by atoms with Crippen molar-refractivity contribution in [2.45, 2.75) is 23.8 Å². The normalized spacial score (nSPS) is 15.9. The number of rotatable bonds is 6. The second-order valence-corrected chi connectivity index (χ2v) is 6.18. The van der Waals surface area contributed by atoms with Gasteiger partial charge in [-0.1, -0.05) is 12.1 Å². The van der Waals surface area contributed by atoms with Crippen LogP contribution in [0.2, 0.25) is 0 Å². The maximum Gasteiger partial charge on any atom is 0.245 e. The number of anilines is 1. The van der Waals surface area contributed by atoms with Gasteiger partial charge in [0.1, 0.15) is 4.90 Å². The van der Waals surface area contributed by atoms with Gasteiger partial charge in [0, 0.05) is 19.6 Å². The van der Waals surface area contributed by atoms with Gasteiger partial charge in [-0.2, -0.15) is 4.31 Å². The number of benzene rings is 1. The van der Waals surface area contributed by atoms with Crippen LogP contribution < -0.4 is 5.32 Å². The third-order valence-corrected chi connectivity index (χ3v) is 5.03. The molecule has 2 rings (SSSR count). The molecule has 1 aromatic rings. The van der Waals surface area contributed by atoms with Crippen LogP contribution in [0, 0.1) is 0 Å². The first-order valence-electron chi connectivity index (χ1n) is 6.00. The van der Waals surface area contributed by atoms with Crippen LogP contribution in [0.25, 0.3) is 0 Å². The zero-order valence-electron chi connectivity index (χ0n) is 10.3. The Morgan fingerprint density at radius 2 is 2.06 bits per heavy atom. The second kappa shape index (κ2) is 5.26. The molecule has 0 radical (unpaired) electrons. The zero-order chi connectivity index (χ0) is 13.2. The molecule has 5 nitrogen and oxygen atoms in total. The van der Waals surface area contributed by atoms with Gasteiger partial charge in [0.15, 0.2) is 0 Å². The predicted octanol–water partition coefficient (Wildman–Crippen LogP) is 0.874. The highest BCUT2D eigenvalue weighted by Crippen LogP contribution is 2.33. The molecule has 0 amide bonds. The SMILES string of the molecule is CNc1ccccc1S(=O)(=O)N(CCO)C1CC1. The number of aliphatic hydroxyl groups is 1. The first-order valence-corrected chi connectivity index (χ1v) is 7.44. The summed E-state index contributed by atoms with van der Waals surface area (Å²) < 4.78 is 26.5. The minimum absolute atomic E-state index is 0.0482. The van der Waals surface area contributed by atoms with Crippen molar-refractivity contribution in [1.29, 1.82) is 0 Å². The molecular weight excluding hydrogens is 252 g/mol. The molecule has 18 heavy (non-hydrogen) atoms. The number of para-hydroxylation sites is 1. The zero-order valence-corrected chi connectivity index (χ0v) is 11.2. The van der Waals surface area contributed by atoms with Crippen LogP contribution in [0.3, 0.4) is 0 Å². The molecule has 0 aliphatic heterocycles. The van der Waals surface area contributed by atoms with E-state index >= 15 is 0 Å². The van der Waals surface area contributed by atoms with Gasteiger partial charge in [0.2, 0.25) is 10.0 Å². The Kier molecular flexibility index (Phi) is 3.89. The van der Waals surface area contributed by atoms with E-state index in [0.29, 0.717) is 5.69 Å². The molecule has 1 fully saturated rings. The molecule has 0 heterocycles. The number of sulfonamides is 1.